The molecule has 4 nitrogen and oxygen atoms in total. The second-order valence-electron chi connectivity index (χ2n) is 4.33. The molecule has 0 saturated carbocycles. The molecule has 0 saturated heterocycles. The Morgan fingerprint density at radius 2 is 1.94 bits per heavy atom. The molecule has 0 unspecified atom stereocenters. The minimum absolute atomic E-state index is 0.545. The van der Waals surface area contributed by atoms with Crippen molar-refractivity contribution in [1.29, 1.82) is 0 Å². The third-order valence-corrected chi connectivity index (χ3v) is 3.11. The first-order chi connectivity index (χ1) is 7.74. The smallest absolute Gasteiger partial charge is 0.165 e. The summed E-state index contributed by atoms with van der Waals surface area (Å²) in [5.41, 5.74) is 9.15. The Morgan fingerprint density at radius 1 is 1.12 bits per heavy atom. The predicted molar refractivity (Wildman–Crippen MR) is 63.1 cm³/mol. The molecular formula is C12H14N4. The second-order valence-corrected chi connectivity index (χ2v) is 4.33. The van der Waals surface area contributed by atoms with Crippen LogP contribution in [0, 0.1) is 6.92 Å². The van der Waals surface area contributed by atoms with E-state index in [1.807, 2.05) is 6.92 Å². The molecule has 16 heavy (non-hydrogen) atoms. The van der Waals surface area contributed by atoms with Gasteiger partial charge in [0, 0.05) is 5.69 Å². The van der Waals surface area contributed by atoms with Crippen LogP contribution in [0.1, 0.15) is 29.9 Å². The van der Waals surface area contributed by atoms with E-state index in [9.17, 15) is 0 Å². The summed E-state index contributed by atoms with van der Waals surface area (Å²) in [6.07, 6.45) is 4.64. The van der Waals surface area contributed by atoms with Crippen molar-refractivity contribution < 1.29 is 0 Å². The van der Waals surface area contributed by atoms with Gasteiger partial charge >= 0.3 is 0 Å². The van der Waals surface area contributed by atoms with Gasteiger partial charge in [0.2, 0.25) is 0 Å². The van der Waals surface area contributed by atoms with Gasteiger partial charge in [0.1, 0.15) is 11.6 Å². The average Bonchev–Trinajstić information content (AvgIpc) is 2.27. The molecule has 0 radical (unpaired) electrons. The minimum atomic E-state index is 0.545. The maximum absolute atomic E-state index is 5.90. The van der Waals surface area contributed by atoms with Crippen molar-refractivity contribution in [2.45, 2.75) is 32.6 Å². The molecule has 2 N–H and O–H groups in total. The third kappa shape index (κ3) is 1.41. The zero-order chi connectivity index (χ0) is 11.1. The Balaban J connectivity index is 2.31. The van der Waals surface area contributed by atoms with Gasteiger partial charge in [0.05, 0.1) is 5.39 Å². The number of nitrogens with two attached hydrogens (primary N) is 1. The summed E-state index contributed by atoms with van der Waals surface area (Å²) in [6.45, 7) is 1.84. The highest BCUT2D eigenvalue weighted by atomic mass is 15.0. The number of pyridine rings is 1. The van der Waals surface area contributed by atoms with E-state index in [4.69, 9.17) is 5.73 Å². The maximum atomic E-state index is 5.90. The Labute approximate surface area is 93.9 Å². The molecule has 0 spiro atoms. The monoisotopic (exact) mass is 214 g/mol. The lowest BCUT2D eigenvalue weighted by molar-refractivity contribution is 0.670. The van der Waals surface area contributed by atoms with Gasteiger partial charge in [-0.1, -0.05) is 0 Å². The quantitative estimate of drug-likeness (QED) is 0.726. The first-order valence-corrected chi connectivity index (χ1v) is 5.66. The first-order valence-electron chi connectivity index (χ1n) is 5.66. The van der Waals surface area contributed by atoms with Crippen LogP contribution in [0.4, 0.5) is 5.82 Å². The van der Waals surface area contributed by atoms with Gasteiger partial charge in [-0.25, -0.2) is 15.0 Å². The number of nitrogen functional groups attached to an aromatic ring is 1. The summed E-state index contributed by atoms with van der Waals surface area (Å²) in [7, 11) is 0. The highest BCUT2D eigenvalue weighted by Crippen LogP contribution is 2.25. The van der Waals surface area contributed by atoms with Gasteiger partial charge < -0.3 is 5.73 Å². The first kappa shape index (κ1) is 9.51. The van der Waals surface area contributed by atoms with Crippen LogP contribution in [0.25, 0.3) is 11.0 Å². The lowest BCUT2D eigenvalue weighted by Gasteiger charge is -2.15. The average molecular weight is 214 g/mol. The van der Waals surface area contributed by atoms with Gasteiger partial charge in [-0.15, -0.1) is 0 Å². The molecule has 0 bridgehead atoms. The van der Waals surface area contributed by atoms with Crippen molar-refractivity contribution in [1.82, 2.24) is 15.0 Å². The Hall–Kier alpha value is -1.71. The summed E-state index contributed by atoms with van der Waals surface area (Å²) >= 11 is 0. The number of rotatable bonds is 0. The normalized spacial score (nSPS) is 15.1. The second kappa shape index (κ2) is 3.40. The number of aryl methyl sites for hydroxylation is 3. The van der Waals surface area contributed by atoms with Crippen LogP contribution in [0.5, 0.6) is 0 Å². The van der Waals surface area contributed by atoms with Crippen molar-refractivity contribution in [3.63, 3.8) is 0 Å². The summed E-state index contributed by atoms with van der Waals surface area (Å²) in [5, 5.41) is 0.895. The number of aromatic nitrogens is 3. The highest BCUT2D eigenvalue weighted by molar-refractivity contribution is 5.86. The molecular weight excluding hydrogens is 200 g/mol. The fourth-order valence-corrected chi connectivity index (χ4v) is 2.31. The number of nitrogens with zero attached hydrogens (tertiary/aromatic N) is 3. The van der Waals surface area contributed by atoms with Crippen LogP contribution in [-0.2, 0) is 12.8 Å². The molecule has 82 valence electrons. The van der Waals surface area contributed by atoms with Crippen molar-refractivity contribution in [3.05, 3.63) is 23.1 Å². The topological polar surface area (TPSA) is 64.7 Å². The molecule has 0 atom stereocenters. The van der Waals surface area contributed by atoms with E-state index in [1.165, 1.54) is 24.1 Å². The number of fused-ring (bicyclic) bond motifs is 2. The number of hydrogen-bond donors (Lipinski definition) is 1. The zero-order valence-corrected chi connectivity index (χ0v) is 9.32. The van der Waals surface area contributed by atoms with E-state index in [0.717, 1.165) is 23.9 Å². The molecule has 0 fully saturated rings. The number of hydrogen-bond acceptors (Lipinski definition) is 4. The molecule has 2 heterocycles. The third-order valence-electron chi connectivity index (χ3n) is 3.11. The van der Waals surface area contributed by atoms with Crippen LogP contribution in [0.3, 0.4) is 0 Å². The SMILES string of the molecule is Cc1nc(N)c2cc3c(nc2n1)CCCC3. The molecule has 1 aliphatic rings. The van der Waals surface area contributed by atoms with Gasteiger partial charge in [-0.05, 0) is 44.2 Å². The predicted octanol–water partition coefficient (Wildman–Crippen LogP) is 1.79. The van der Waals surface area contributed by atoms with Gasteiger partial charge in [0.25, 0.3) is 0 Å². The highest BCUT2D eigenvalue weighted by Gasteiger charge is 2.14. The van der Waals surface area contributed by atoms with E-state index in [0.29, 0.717) is 11.6 Å². The fourth-order valence-electron chi connectivity index (χ4n) is 2.31. The van der Waals surface area contributed by atoms with Crippen molar-refractivity contribution >= 4 is 16.9 Å². The van der Waals surface area contributed by atoms with Gasteiger partial charge in [0.15, 0.2) is 5.65 Å². The molecule has 0 aliphatic heterocycles. The van der Waals surface area contributed by atoms with Crippen LogP contribution < -0.4 is 5.73 Å². The van der Waals surface area contributed by atoms with Gasteiger partial charge in [-0.2, -0.15) is 0 Å². The van der Waals surface area contributed by atoms with Crippen molar-refractivity contribution in [2.75, 3.05) is 5.73 Å². The van der Waals surface area contributed by atoms with Crippen molar-refractivity contribution in [2.24, 2.45) is 0 Å². The summed E-state index contributed by atoms with van der Waals surface area (Å²) < 4.78 is 0. The summed E-state index contributed by atoms with van der Waals surface area (Å²) in [5.74, 6) is 1.23. The number of anilines is 1. The summed E-state index contributed by atoms with van der Waals surface area (Å²) in [4.78, 5) is 13.1. The molecule has 2 aromatic rings. The molecule has 1 aliphatic carbocycles. The summed E-state index contributed by atoms with van der Waals surface area (Å²) in [6, 6.07) is 2.12. The molecule has 4 heteroatoms. The van der Waals surface area contributed by atoms with Crippen LogP contribution >= 0.6 is 0 Å². The standard InChI is InChI=1S/C12H14N4/c1-7-14-11(13)9-6-8-4-2-3-5-10(8)16-12(9)15-7/h6H,2-5H2,1H3,(H2,13,14,15,16). The van der Waals surface area contributed by atoms with Crippen LogP contribution in [0.2, 0.25) is 0 Å². The van der Waals surface area contributed by atoms with Crippen molar-refractivity contribution in [3.8, 4) is 0 Å². The maximum Gasteiger partial charge on any atom is 0.165 e. The van der Waals surface area contributed by atoms with E-state index >= 15 is 0 Å². The molecule has 2 aromatic heterocycles. The molecule has 0 aromatic carbocycles. The van der Waals surface area contributed by atoms with Crippen LogP contribution in [-0.4, -0.2) is 15.0 Å². The zero-order valence-electron chi connectivity index (χ0n) is 9.32. The minimum Gasteiger partial charge on any atom is -0.383 e. The Bertz CT molecular complexity index is 562. The van der Waals surface area contributed by atoms with E-state index in [1.54, 1.807) is 0 Å². The van der Waals surface area contributed by atoms with Gasteiger partial charge in [-0.3, -0.25) is 0 Å². The lowest BCUT2D eigenvalue weighted by Crippen LogP contribution is -2.07. The largest absolute Gasteiger partial charge is 0.383 e. The fraction of sp³-hybridized carbons (Fsp3) is 0.417. The van der Waals surface area contributed by atoms with E-state index in [2.05, 4.69) is 21.0 Å². The Kier molecular flexibility index (Phi) is 2.02. The molecule has 3 rings (SSSR count). The van der Waals surface area contributed by atoms with E-state index in [-0.39, 0.29) is 0 Å². The Morgan fingerprint density at radius 3 is 2.81 bits per heavy atom. The van der Waals surface area contributed by atoms with E-state index < -0.39 is 0 Å². The lowest BCUT2D eigenvalue weighted by atomic mass is 9.95. The van der Waals surface area contributed by atoms with Crippen LogP contribution in [0.15, 0.2) is 6.07 Å². The molecule has 0 amide bonds.